The van der Waals surface area contributed by atoms with E-state index in [2.05, 4.69) is 21.2 Å². The fourth-order valence-corrected chi connectivity index (χ4v) is 1.83. The van der Waals surface area contributed by atoms with Crippen LogP contribution in [0.3, 0.4) is 0 Å². The van der Waals surface area contributed by atoms with Crippen LogP contribution in [-0.2, 0) is 11.2 Å². The van der Waals surface area contributed by atoms with Crippen LogP contribution >= 0.6 is 15.9 Å². The van der Waals surface area contributed by atoms with Gasteiger partial charge in [0.1, 0.15) is 11.4 Å². The Hall–Kier alpha value is -1.10. The molecule has 3 nitrogen and oxygen atoms in total. The third-order valence-corrected chi connectivity index (χ3v) is 2.93. The van der Waals surface area contributed by atoms with Crippen molar-refractivity contribution in [3.8, 4) is 0 Å². The number of hydrogen-bond acceptors (Lipinski definition) is 2. The maximum atomic E-state index is 13.4. The van der Waals surface area contributed by atoms with E-state index in [-0.39, 0.29) is 11.9 Å². The SMILES string of the molecule is CC(Cc1ccc(Br)c(F)c1)NC(=O)OC(C)(C)C. The van der Waals surface area contributed by atoms with Gasteiger partial charge in [0.15, 0.2) is 0 Å². The quantitative estimate of drug-likeness (QED) is 0.907. The molecule has 0 bridgehead atoms. The first-order valence-electron chi connectivity index (χ1n) is 6.11. The summed E-state index contributed by atoms with van der Waals surface area (Å²) >= 11 is 3.10. The molecule has 0 aliphatic heterocycles. The highest BCUT2D eigenvalue weighted by molar-refractivity contribution is 9.10. The first-order chi connectivity index (χ1) is 8.67. The van der Waals surface area contributed by atoms with E-state index >= 15 is 0 Å². The van der Waals surface area contributed by atoms with E-state index in [4.69, 9.17) is 4.74 Å². The predicted molar refractivity (Wildman–Crippen MR) is 76.6 cm³/mol. The Morgan fingerprint density at radius 1 is 1.47 bits per heavy atom. The number of ether oxygens (including phenoxy) is 1. The zero-order valence-corrected chi connectivity index (χ0v) is 13.2. The number of nitrogens with one attached hydrogen (secondary N) is 1. The minimum absolute atomic E-state index is 0.129. The summed E-state index contributed by atoms with van der Waals surface area (Å²) in [6.45, 7) is 7.27. The van der Waals surface area contributed by atoms with Crippen molar-refractivity contribution < 1.29 is 13.9 Å². The lowest BCUT2D eigenvalue weighted by Crippen LogP contribution is -2.38. The molecule has 1 N–H and O–H groups in total. The molecule has 0 aromatic heterocycles. The molecule has 0 heterocycles. The molecule has 1 aromatic rings. The van der Waals surface area contributed by atoms with Gasteiger partial charge in [-0.1, -0.05) is 6.07 Å². The lowest BCUT2D eigenvalue weighted by Gasteiger charge is -2.22. The molecule has 0 spiro atoms. The third kappa shape index (κ3) is 6.05. The van der Waals surface area contributed by atoms with Crippen LogP contribution < -0.4 is 5.32 Å². The van der Waals surface area contributed by atoms with Gasteiger partial charge in [-0.3, -0.25) is 0 Å². The number of alkyl carbamates (subject to hydrolysis) is 1. The molecule has 0 saturated heterocycles. The fourth-order valence-electron chi connectivity index (χ4n) is 1.58. The normalized spacial score (nSPS) is 12.9. The molecular formula is C14H19BrFNO2. The second-order valence-electron chi connectivity index (χ2n) is 5.50. The van der Waals surface area contributed by atoms with Crippen LogP contribution in [0.15, 0.2) is 22.7 Å². The Labute approximate surface area is 121 Å². The number of carbonyl (C=O) groups excluding carboxylic acids is 1. The van der Waals surface area contributed by atoms with Crippen LogP contribution in [0.1, 0.15) is 33.3 Å². The van der Waals surface area contributed by atoms with Crippen molar-refractivity contribution in [1.29, 1.82) is 0 Å². The Morgan fingerprint density at radius 3 is 2.63 bits per heavy atom. The summed E-state index contributed by atoms with van der Waals surface area (Å²) in [6.07, 6.45) is 0.0845. The molecule has 0 saturated carbocycles. The van der Waals surface area contributed by atoms with Crippen molar-refractivity contribution in [3.63, 3.8) is 0 Å². The number of rotatable bonds is 3. The maximum absolute atomic E-state index is 13.4. The molecule has 1 unspecified atom stereocenters. The molecule has 0 fully saturated rings. The molecule has 106 valence electrons. The van der Waals surface area contributed by atoms with Crippen LogP contribution in [-0.4, -0.2) is 17.7 Å². The van der Waals surface area contributed by atoms with Gasteiger partial charge in [0.05, 0.1) is 4.47 Å². The van der Waals surface area contributed by atoms with Gasteiger partial charge in [-0.15, -0.1) is 0 Å². The predicted octanol–water partition coefficient (Wildman–Crippen LogP) is 4.04. The van der Waals surface area contributed by atoms with Gasteiger partial charge < -0.3 is 10.1 Å². The zero-order valence-electron chi connectivity index (χ0n) is 11.6. The topological polar surface area (TPSA) is 38.3 Å². The van der Waals surface area contributed by atoms with E-state index < -0.39 is 11.7 Å². The molecule has 19 heavy (non-hydrogen) atoms. The van der Waals surface area contributed by atoms with Gasteiger partial charge >= 0.3 is 6.09 Å². The first-order valence-corrected chi connectivity index (χ1v) is 6.90. The lowest BCUT2D eigenvalue weighted by molar-refractivity contribution is 0.0508. The first kappa shape index (κ1) is 16.0. The van der Waals surface area contributed by atoms with Crippen LogP contribution in [0, 0.1) is 5.82 Å². The largest absolute Gasteiger partial charge is 0.444 e. The van der Waals surface area contributed by atoms with Crippen LogP contribution in [0.5, 0.6) is 0 Å². The van der Waals surface area contributed by atoms with Gasteiger partial charge in [-0.2, -0.15) is 0 Å². The second-order valence-corrected chi connectivity index (χ2v) is 6.35. The second kappa shape index (κ2) is 6.37. The van der Waals surface area contributed by atoms with Crippen molar-refractivity contribution in [3.05, 3.63) is 34.1 Å². The van der Waals surface area contributed by atoms with E-state index in [0.717, 1.165) is 5.56 Å². The Bertz CT molecular complexity index is 457. The number of halogens is 2. The molecule has 0 aliphatic rings. The lowest BCUT2D eigenvalue weighted by atomic mass is 10.1. The molecule has 5 heteroatoms. The van der Waals surface area contributed by atoms with Gasteiger partial charge in [-0.05, 0) is 67.7 Å². The summed E-state index contributed by atoms with van der Waals surface area (Å²) < 4.78 is 18.9. The third-order valence-electron chi connectivity index (χ3n) is 2.29. The van der Waals surface area contributed by atoms with Crippen LogP contribution in [0.4, 0.5) is 9.18 Å². The number of carbonyl (C=O) groups is 1. The Balaban J connectivity index is 2.53. The summed E-state index contributed by atoms with van der Waals surface area (Å²) in [4.78, 5) is 11.6. The number of benzene rings is 1. The highest BCUT2D eigenvalue weighted by atomic mass is 79.9. The average molecular weight is 332 g/mol. The summed E-state index contributed by atoms with van der Waals surface area (Å²) in [5, 5.41) is 2.72. The van der Waals surface area contributed by atoms with Crippen molar-refractivity contribution in [2.75, 3.05) is 0 Å². The van der Waals surface area contributed by atoms with Crippen molar-refractivity contribution in [2.45, 2.75) is 45.8 Å². The average Bonchev–Trinajstić information content (AvgIpc) is 2.20. The van der Waals surface area contributed by atoms with E-state index in [0.29, 0.717) is 10.9 Å². The number of amides is 1. The van der Waals surface area contributed by atoms with E-state index in [1.807, 2.05) is 13.0 Å². The minimum Gasteiger partial charge on any atom is -0.444 e. The van der Waals surface area contributed by atoms with Gasteiger partial charge in [0.25, 0.3) is 0 Å². The molecule has 1 aromatic carbocycles. The highest BCUT2D eigenvalue weighted by Crippen LogP contribution is 2.17. The van der Waals surface area contributed by atoms with Crippen molar-refractivity contribution in [2.24, 2.45) is 0 Å². The van der Waals surface area contributed by atoms with E-state index in [1.165, 1.54) is 6.07 Å². The van der Waals surface area contributed by atoms with Gasteiger partial charge in [0.2, 0.25) is 0 Å². The van der Waals surface area contributed by atoms with E-state index in [1.54, 1.807) is 26.8 Å². The summed E-state index contributed by atoms with van der Waals surface area (Å²) in [7, 11) is 0. The smallest absolute Gasteiger partial charge is 0.407 e. The minimum atomic E-state index is -0.520. The molecule has 1 amide bonds. The summed E-state index contributed by atoms with van der Waals surface area (Å²) in [5.41, 5.74) is 0.303. The summed E-state index contributed by atoms with van der Waals surface area (Å²) in [5.74, 6) is -0.304. The maximum Gasteiger partial charge on any atom is 0.407 e. The molecule has 0 radical (unpaired) electrons. The van der Waals surface area contributed by atoms with Gasteiger partial charge in [-0.25, -0.2) is 9.18 Å². The monoisotopic (exact) mass is 331 g/mol. The van der Waals surface area contributed by atoms with Crippen LogP contribution in [0.25, 0.3) is 0 Å². The van der Waals surface area contributed by atoms with Crippen molar-refractivity contribution >= 4 is 22.0 Å². The standard InChI is InChI=1S/C14H19BrFNO2/c1-9(17-13(18)19-14(2,3)4)7-10-5-6-11(15)12(16)8-10/h5-6,8-9H,7H2,1-4H3,(H,17,18). The number of hydrogen-bond donors (Lipinski definition) is 1. The fraction of sp³-hybridized carbons (Fsp3) is 0.500. The Morgan fingerprint density at radius 2 is 2.11 bits per heavy atom. The molecule has 0 aliphatic carbocycles. The van der Waals surface area contributed by atoms with Crippen LogP contribution in [0.2, 0.25) is 0 Å². The molecule has 1 atom stereocenters. The Kier molecular flexibility index (Phi) is 5.35. The van der Waals surface area contributed by atoms with E-state index in [9.17, 15) is 9.18 Å². The van der Waals surface area contributed by atoms with Gasteiger partial charge in [0, 0.05) is 6.04 Å². The molecular weight excluding hydrogens is 313 g/mol. The molecule has 1 rings (SSSR count). The highest BCUT2D eigenvalue weighted by Gasteiger charge is 2.17. The van der Waals surface area contributed by atoms with Crippen molar-refractivity contribution in [1.82, 2.24) is 5.32 Å². The summed E-state index contributed by atoms with van der Waals surface area (Å²) in [6, 6.07) is 4.80. The zero-order chi connectivity index (χ0) is 14.6.